The van der Waals surface area contributed by atoms with Crippen molar-refractivity contribution in [2.24, 2.45) is 0 Å². The van der Waals surface area contributed by atoms with E-state index in [2.05, 4.69) is 13.5 Å². The maximum absolute atomic E-state index is 12.8. The third-order valence-corrected chi connectivity index (χ3v) is 5.66. The van der Waals surface area contributed by atoms with Gasteiger partial charge in [0.2, 0.25) is 0 Å². The first kappa shape index (κ1) is 17.3. The van der Waals surface area contributed by atoms with Gasteiger partial charge in [0, 0.05) is 0 Å². The lowest BCUT2D eigenvalue weighted by molar-refractivity contribution is 0.0698. The highest BCUT2D eigenvalue weighted by Crippen LogP contribution is 2.27. The minimum Gasteiger partial charge on any atom is -0.478 e. The second kappa shape index (κ2) is 6.41. The van der Waals surface area contributed by atoms with E-state index in [1.165, 1.54) is 12.1 Å². The fourth-order valence-corrected chi connectivity index (χ4v) is 4.23. The summed E-state index contributed by atoms with van der Waals surface area (Å²) >= 11 is 0.918. The van der Waals surface area contributed by atoms with E-state index in [1.54, 1.807) is 24.3 Å². The molecule has 0 saturated heterocycles. The Balaban J connectivity index is 2.10. The molecule has 0 amide bonds. The molecule has 2 N–H and O–H groups in total. The molecule has 0 atom stereocenters. The fourth-order valence-electron chi connectivity index (χ4n) is 2.39. The van der Waals surface area contributed by atoms with Crippen molar-refractivity contribution in [3.05, 3.63) is 47.5 Å². The Morgan fingerprint density at radius 2 is 1.96 bits per heavy atom. The van der Waals surface area contributed by atoms with Gasteiger partial charge in [0.05, 0.1) is 23.0 Å². The van der Waals surface area contributed by atoms with Gasteiger partial charge in [0.1, 0.15) is 15.9 Å². The molecule has 3 aromatic rings. The lowest BCUT2D eigenvalue weighted by atomic mass is 10.0. The lowest BCUT2D eigenvalue weighted by Crippen LogP contribution is -2.16. The van der Waals surface area contributed by atoms with Gasteiger partial charge >= 0.3 is 5.97 Å². The van der Waals surface area contributed by atoms with Crippen LogP contribution >= 0.6 is 11.7 Å². The summed E-state index contributed by atoms with van der Waals surface area (Å²) in [6, 6.07) is 9.28. The molecular formula is C16H15N3O4S2. The highest BCUT2D eigenvalue weighted by Gasteiger charge is 2.22. The highest BCUT2D eigenvalue weighted by molar-refractivity contribution is 7.93. The van der Waals surface area contributed by atoms with Gasteiger partial charge in [0.25, 0.3) is 10.0 Å². The maximum Gasteiger partial charge on any atom is 0.337 e. The number of nitrogens with one attached hydrogen (secondary N) is 1. The molecule has 0 bridgehead atoms. The molecule has 9 heteroatoms. The number of fused-ring (bicyclic) bond motifs is 1. The first-order valence-electron chi connectivity index (χ1n) is 7.41. The summed E-state index contributed by atoms with van der Waals surface area (Å²) in [5.74, 6) is -1.08. The van der Waals surface area contributed by atoms with Gasteiger partial charge in [-0.1, -0.05) is 26.0 Å². The van der Waals surface area contributed by atoms with Crippen LogP contribution in [0.25, 0.3) is 11.0 Å². The standard InChI is InChI=1S/C16H15N3O4S2/c1-9(2)10-6-7-11(16(20)21)13(8-10)19-25(22,23)14-5-3-4-12-15(14)18-24-17-12/h3-9,19H,1-2H3,(H,20,21). The topological polar surface area (TPSA) is 109 Å². The van der Waals surface area contributed by atoms with Crippen molar-refractivity contribution in [1.82, 2.24) is 8.75 Å². The van der Waals surface area contributed by atoms with Crippen LogP contribution < -0.4 is 4.72 Å². The second-order valence-electron chi connectivity index (χ2n) is 5.76. The summed E-state index contributed by atoms with van der Waals surface area (Å²) in [7, 11) is -4.02. The molecule has 0 aliphatic carbocycles. The van der Waals surface area contributed by atoms with Crippen molar-refractivity contribution >= 4 is 44.4 Å². The molecule has 1 heterocycles. The van der Waals surface area contributed by atoms with Crippen LogP contribution in [0.1, 0.15) is 35.7 Å². The minimum absolute atomic E-state index is 0.0268. The van der Waals surface area contributed by atoms with E-state index < -0.39 is 16.0 Å². The SMILES string of the molecule is CC(C)c1ccc(C(=O)O)c(NS(=O)(=O)c2cccc3nsnc23)c1. The third kappa shape index (κ3) is 3.33. The molecule has 0 saturated carbocycles. The normalized spacial score (nSPS) is 11.8. The number of aromatic carboxylic acids is 1. The molecule has 7 nitrogen and oxygen atoms in total. The average Bonchev–Trinajstić information content (AvgIpc) is 3.02. The maximum atomic E-state index is 12.8. The quantitative estimate of drug-likeness (QED) is 0.706. The zero-order valence-corrected chi connectivity index (χ0v) is 15.1. The van der Waals surface area contributed by atoms with E-state index in [9.17, 15) is 18.3 Å². The summed E-state index contributed by atoms with van der Waals surface area (Å²) in [5, 5.41) is 9.35. The Bertz CT molecular complexity index is 1060. The van der Waals surface area contributed by atoms with Crippen molar-refractivity contribution in [3.63, 3.8) is 0 Å². The van der Waals surface area contributed by atoms with Crippen molar-refractivity contribution in [2.45, 2.75) is 24.7 Å². The van der Waals surface area contributed by atoms with Gasteiger partial charge in [-0.2, -0.15) is 8.75 Å². The number of hydrogen-bond donors (Lipinski definition) is 2. The summed E-state index contributed by atoms with van der Waals surface area (Å²) in [6.07, 6.45) is 0. The molecule has 1 aromatic heterocycles. The van der Waals surface area contributed by atoms with E-state index in [0.29, 0.717) is 5.52 Å². The molecule has 130 valence electrons. The highest BCUT2D eigenvalue weighted by atomic mass is 32.2. The van der Waals surface area contributed by atoms with Crippen molar-refractivity contribution in [2.75, 3.05) is 4.72 Å². The largest absolute Gasteiger partial charge is 0.478 e. The predicted molar refractivity (Wildman–Crippen MR) is 95.7 cm³/mol. The molecule has 0 aliphatic heterocycles. The van der Waals surface area contributed by atoms with E-state index in [-0.39, 0.29) is 27.6 Å². The number of carboxylic acids is 1. The number of benzene rings is 2. The summed E-state index contributed by atoms with van der Waals surface area (Å²) < 4.78 is 36.0. The molecular weight excluding hydrogens is 362 g/mol. The van der Waals surface area contributed by atoms with Crippen molar-refractivity contribution in [1.29, 1.82) is 0 Å². The number of sulfonamides is 1. The molecule has 0 radical (unpaired) electrons. The van der Waals surface area contributed by atoms with Crippen LogP contribution in [0.4, 0.5) is 5.69 Å². The number of carbonyl (C=O) groups is 1. The van der Waals surface area contributed by atoms with Gasteiger partial charge in [-0.15, -0.1) is 0 Å². The number of rotatable bonds is 5. The van der Waals surface area contributed by atoms with E-state index >= 15 is 0 Å². The van der Waals surface area contributed by atoms with Crippen LogP contribution in [0.3, 0.4) is 0 Å². The van der Waals surface area contributed by atoms with Crippen LogP contribution in [0, 0.1) is 0 Å². The van der Waals surface area contributed by atoms with E-state index in [4.69, 9.17) is 0 Å². The molecule has 0 fully saturated rings. The van der Waals surface area contributed by atoms with Gasteiger partial charge in [0.15, 0.2) is 0 Å². The van der Waals surface area contributed by atoms with E-state index in [0.717, 1.165) is 17.3 Å². The number of carboxylic acid groups (broad SMARTS) is 1. The Labute approximate surface area is 148 Å². The Hall–Kier alpha value is -2.52. The first-order chi connectivity index (χ1) is 11.8. The van der Waals surface area contributed by atoms with Crippen LogP contribution in [-0.4, -0.2) is 28.2 Å². The monoisotopic (exact) mass is 377 g/mol. The van der Waals surface area contributed by atoms with Crippen LogP contribution in [0.2, 0.25) is 0 Å². The summed E-state index contributed by atoms with van der Waals surface area (Å²) in [4.78, 5) is 11.4. The van der Waals surface area contributed by atoms with Gasteiger partial charge in [-0.25, -0.2) is 13.2 Å². The molecule has 2 aromatic carbocycles. The smallest absolute Gasteiger partial charge is 0.337 e. The van der Waals surface area contributed by atoms with Crippen LogP contribution in [-0.2, 0) is 10.0 Å². The fraction of sp³-hybridized carbons (Fsp3) is 0.188. The zero-order valence-electron chi connectivity index (χ0n) is 13.4. The Kier molecular flexibility index (Phi) is 4.44. The van der Waals surface area contributed by atoms with Gasteiger partial charge < -0.3 is 5.11 Å². The van der Waals surface area contributed by atoms with E-state index in [1.807, 2.05) is 13.8 Å². The zero-order chi connectivity index (χ0) is 18.2. The Morgan fingerprint density at radius 1 is 1.20 bits per heavy atom. The van der Waals surface area contributed by atoms with Crippen molar-refractivity contribution in [3.8, 4) is 0 Å². The number of aromatic nitrogens is 2. The number of hydrogen-bond acceptors (Lipinski definition) is 6. The minimum atomic E-state index is -4.02. The lowest BCUT2D eigenvalue weighted by Gasteiger charge is -2.14. The number of anilines is 1. The molecule has 25 heavy (non-hydrogen) atoms. The predicted octanol–water partition coefficient (Wildman–Crippen LogP) is 3.31. The molecule has 0 unspecified atom stereocenters. The first-order valence-corrected chi connectivity index (χ1v) is 9.62. The van der Waals surface area contributed by atoms with Crippen LogP contribution in [0.5, 0.6) is 0 Å². The number of nitrogens with zero attached hydrogens (tertiary/aromatic N) is 2. The van der Waals surface area contributed by atoms with Gasteiger partial charge in [-0.05, 0) is 35.7 Å². The second-order valence-corrected chi connectivity index (χ2v) is 7.94. The Morgan fingerprint density at radius 3 is 2.64 bits per heavy atom. The third-order valence-electron chi connectivity index (χ3n) is 3.72. The summed E-state index contributed by atoms with van der Waals surface area (Å²) in [6.45, 7) is 3.88. The molecule has 0 spiro atoms. The summed E-state index contributed by atoms with van der Waals surface area (Å²) in [5.41, 5.74) is 1.48. The average molecular weight is 377 g/mol. The molecule has 3 rings (SSSR count). The van der Waals surface area contributed by atoms with Crippen molar-refractivity contribution < 1.29 is 18.3 Å². The van der Waals surface area contributed by atoms with Crippen LogP contribution in [0.15, 0.2) is 41.3 Å². The van der Waals surface area contributed by atoms with Gasteiger partial charge in [-0.3, -0.25) is 4.72 Å². The molecule has 0 aliphatic rings.